The van der Waals surface area contributed by atoms with Crippen molar-refractivity contribution in [3.8, 4) is 0 Å². The highest BCUT2D eigenvalue weighted by Crippen LogP contribution is 2.22. The van der Waals surface area contributed by atoms with Gasteiger partial charge in [-0.05, 0) is 29.5 Å². The first-order chi connectivity index (χ1) is 10.7. The molecule has 0 atom stereocenters. The molecule has 0 radical (unpaired) electrons. The molecule has 2 N–H and O–H groups in total. The summed E-state index contributed by atoms with van der Waals surface area (Å²) in [5, 5.41) is 12.0. The standard InChI is InChI=1S/C15H14N4OS2/c1-10-5-2-3-6-11(10)9-22-15-17-14(18-19-15)16-13(20)12-7-4-8-21-12/h2-8H,9H2,1H3,(H2,16,17,18,19,20). The van der Waals surface area contributed by atoms with Crippen LogP contribution in [0.5, 0.6) is 0 Å². The molecular weight excluding hydrogens is 316 g/mol. The van der Waals surface area contributed by atoms with E-state index in [4.69, 9.17) is 0 Å². The van der Waals surface area contributed by atoms with Crippen LogP contribution in [0.1, 0.15) is 20.8 Å². The van der Waals surface area contributed by atoms with E-state index in [1.54, 1.807) is 6.07 Å². The summed E-state index contributed by atoms with van der Waals surface area (Å²) in [4.78, 5) is 16.8. The van der Waals surface area contributed by atoms with Crippen molar-refractivity contribution in [1.29, 1.82) is 0 Å². The van der Waals surface area contributed by atoms with Gasteiger partial charge < -0.3 is 0 Å². The first kappa shape index (κ1) is 14.8. The molecule has 0 saturated heterocycles. The molecule has 0 aliphatic heterocycles. The Kier molecular flexibility index (Phi) is 4.55. The Hall–Kier alpha value is -2.12. The van der Waals surface area contributed by atoms with E-state index in [9.17, 15) is 4.79 Å². The van der Waals surface area contributed by atoms with Gasteiger partial charge in [0.05, 0.1) is 4.88 Å². The highest BCUT2D eigenvalue weighted by molar-refractivity contribution is 7.98. The second kappa shape index (κ2) is 6.76. The molecule has 1 amide bonds. The summed E-state index contributed by atoms with van der Waals surface area (Å²) in [7, 11) is 0. The van der Waals surface area contributed by atoms with E-state index in [0.717, 1.165) is 5.75 Å². The molecule has 0 fully saturated rings. The van der Waals surface area contributed by atoms with Crippen molar-refractivity contribution < 1.29 is 4.79 Å². The average Bonchev–Trinajstić information content (AvgIpc) is 3.18. The summed E-state index contributed by atoms with van der Waals surface area (Å²) in [6.45, 7) is 2.08. The van der Waals surface area contributed by atoms with Gasteiger partial charge in [0.25, 0.3) is 5.91 Å². The Labute approximate surface area is 136 Å². The van der Waals surface area contributed by atoms with E-state index in [2.05, 4.69) is 39.6 Å². The fraction of sp³-hybridized carbons (Fsp3) is 0.133. The molecule has 2 heterocycles. The maximum atomic E-state index is 11.9. The molecule has 112 valence electrons. The molecule has 0 saturated carbocycles. The van der Waals surface area contributed by atoms with Crippen LogP contribution < -0.4 is 5.32 Å². The molecule has 3 aromatic rings. The number of aromatic amines is 1. The Bertz CT molecular complexity index is 767. The van der Waals surface area contributed by atoms with Gasteiger partial charge >= 0.3 is 0 Å². The molecule has 22 heavy (non-hydrogen) atoms. The van der Waals surface area contributed by atoms with Crippen LogP contribution in [-0.2, 0) is 5.75 Å². The van der Waals surface area contributed by atoms with Crippen LogP contribution in [0.25, 0.3) is 0 Å². The smallest absolute Gasteiger partial charge is 0.268 e. The van der Waals surface area contributed by atoms with Crippen LogP contribution in [-0.4, -0.2) is 21.1 Å². The molecule has 0 spiro atoms. The summed E-state index contributed by atoms with van der Waals surface area (Å²) >= 11 is 2.92. The highest BCUT2D eigenvalue weighted by atomic mass is 32.2. The van der Waals surface area contributed by atoms with Crippen molar-refractivity contribution >= 4 is 35.0 Å². The van der Waals surface area contributed by atoms with Crippen molar-refractivity contribution in [1.82, 2.24) is 15.2 Å². The van der Waals surface area contributed by atoms with E-state index in [0.29, 0.717) is 16.0 Å². The SMILES string of the molecule is Cc1ccccc1CSc1n[nH]c(NC(=O)c2cccs2)n1. The number of amides is 1. The molecule has 2 aromatic heterocycles. The third-order valence-electron chi connectivity index (χ3n) is 3.06. The Morgan fingerprint density at radius 3 is 2.95 bits per heavy atom. The van der Waals surface area contributed by atoms with Crippen LogP contribution in [0.2, 0.25) is 0 Å². The number of nitrogens with one attached hydrogen (secondary N) is 2. The topological polar surface area (TPSA) is 70.7 Å². The summed E-state index contributed by atoms with van der Waals surface area (Å²) in [5.74, 6) is 0.982. The van der Waals surface area contributed by atoms with Crippen LogP contribution in [0, 0.1) is 6.92 Å². The van der Waals surface area contributed by atoms with Crippen LogP contribution in [0.3, 0.4) is 0 Å². The maximum absolute atomic E-state index is 11.9. The lowest BCUT2D eigenvalue weighted by Crippen LogP contribution is -2.11. The molecule has 1 aromatic carbocycles. The summed E-state index contributed by atoms with van der Waals surface area (Å²) in [6, 6.07) is 11.8. The number of nitrogens with zero attached hydrogens (tertiary/aromatic N) is 2. The number of hydrogen-bond acceptors (Lipinski definition) is 5. The summed E-state index contributed by atoms with van der Waals surface area (Å²) in [5.41, 5.74) is 2.50. The molecule has 3 rings (SSSR count). The molecule has 0 aliphatic rings. The zero-order valence-electron chi connectivity index (χ0n) is 11.9. The number of carbonyl (C=O) groups excluding carboxylic acids is 1. The number of rotatable bonds is 5. The fourth-order valence-corrected chi connectivity index (χ4v) is 3.35. The van der Waals surface area contributed by atoms with Gasteiger partial charge in [0.15, 0.2) is 0 Å². The van der Waals surface area contributed by atoms with Gasteiger partial charge in [-0.1, -0.05) is 42.1 Å². The first-order valence-electron chi connectivity index (χ1n) is 6.67. The molecule has 0 aliphatic carbocycles. The van der Waals surface area contributed by atoms with Gasteiger partial charge in [0.1, 0.15) is 0 Å². The lowest BCUT2D eigenvalue weighted by Gasteiger charge is -2.02. The number of carbonyl (C=O) groups is 1. The van der Waals surface area contributed by atoms with E-state index in [1.807, 2.05) is 23.6 Å². The van der Waals surface area contributed by atoms with Gasteiger partial charge in [-0.2, -0.15) is 4.98 Å². The number of aryl methyl sites for hydroxylation is 1. The highest BCUT2D eigenvalue weighted by Gasteiger charge is 2.10. The number of thiophene rings is 1. The zero-order chi connectivity index (χ0) is 15.4. The van der Waals surface area contributed by atoms with Gasteiger partial charge in [0, 0.05) is 5.75 Å². The van der Waals surface area contributed by atoms with E-state index < -0.39 is 0 Å². The average molecular weight is 330 g/mol. The number of anilines is 1. The minimum absolute atomic E-state index is 0.179. The zero-order valence-corrected chi connectivity index (χ0v) is 13.5. The van der Waals surface area contributed by atoms with E-state index in [-0.39, 0.29) is 5.91 Å². The van der Waals surface area contributed by atoms with Gasteiger partial charge in [0.2, 0.25) is 11.1 Å². The summed E-state index contributed by atoms with van der Waals surface area (Å²) in [6.07, 6.45) is 0. The predicted molar refractivity (Wildman–Crippen MR) is 89.4 cm³/mol. The fourth-order valence-electron chi connectivity index (χ4n) is 1.86. The number of hydrogen-bond donors (Lipinski definition) is 2. The second-order valence-electron chi connectivity index (χ2n) is 4.61. The van der Waals surface area contributed by atoms with Gasteiger partial charge in [-0.25, -0.2) is 5.10 Å². The monoisotopic (exact) mass is 330 g/mol. The van der Waals surface area contributed by atoms with Crippen molar-refractivity contribution in [2.45, 2.75) is 17.8 Å². The second-order valence-corrected chi connectivity index (χ2v) is 6.50. The lowest BCUT2D eigenvalue weighted by atomic mass is 10.1. The Morgan fingerprint density at radius 2 is 2.18 bits per heavy atom. The van der Waals surface area contributed by atoms with Crippen molar-refractivity contribution in [2.24, 2.45) is 0 Å². The van der Waals surface area contributed by atoms with Crippen molar-refractivity contribution in [2.75, 3.05) is 5.32 Å². The van der Waals surface area contributed by atoms with Crippen LogP contribution in [0.15, 0.2) is 46.9 Å². The Morgan fingerprint density at radius 1 is 1.32 bits per heavy atom. The lowest BCUT2D eigenvalue weighted by molar-refractivity contribution is 0.102. The molecule has 7 heteroatoms. The largest absolute Gasteiger partial charge is 0.290 e. The van der Waals surface area contributed by atoms with Gasteiger partial charge in [-0.15, -0.1) is 16.4 Å². The van der Waals surface area contributed by atoms with E-state index >= 15 is 0 Å². The third-order valence-corrected chi connectivity index (χ3v) is 4.82. The predicted octanol–water partition coefficient (Wildman–Crippen LogP) is 3.72. The van der Waals surface area contributed by atoms with Crippen LogP contribution in [0.4, 0.5) is 5.95 Å². The quantitative estimate of drug-likeness (QED) is 0.700. The van der Waals surface area contributed by atoms with Crippen molar-refractivity contribution in [3.05, 3.63) is 57.8 Å². The molecule has 0 unspecified atom stereocenters. The third kappa shape index (κ3) is 3.55. The van der Waals surface area contributed by atoms with Gasteiger partial charge in [-0.3, -0.25) is 10.1 Å². The minimum Gasteiger partial charge on any atom is -0.290 e. The number of thioether (sulfide) groups is 1. The minimum atomic E-state index is -0.179. The number of benzene rings is 1. The number of H-pyrrole nitrogens is 1. The first-order valence-corrected chi connectivity index (χ1v) is 8.53. The van der Waals surface area contributed by atoms with Crippen LogP contribution >= 0.6 is 23.1 Å². The van der Waals surface area contributed by atoms with E-state index in [1.165, 1.54) is 34.2 Å². The Balaban J connectivity index is 1.60. The number of aromatic nitrogens is 3. The molecule has 0 bridgehead atoms. The molecular formula is C15H14N4OS2. The summed E-state index contributed by atoms with van der Waals surface area (Å²) < 4.78 is 0. The molecule has 5 nitrogen and oxygen atoms in total. The van der Waals surface area contributed by atoms with Crippen molar-refractivity contribution in [3.63, 3.8) is 0 Å². The normalized spacial score (nSPS) is 10.6. The maximum Gasteiger partial charge on any atom is 0.268 e.